The van der Waals surface area contributed by atoms with Crippen molar-refractivity contribution in [1.29, 1.82) is 0 Å². The Kier molecular flexibility index (Phi) is 5.17. The number of fused-ring (bicyclic) bond motifs is 1. The first-order chi connectivity index (χ1) is 14.3. The number of hydrogen-bond acceptors (Lipinski definition) is 8. The minimum atomic E-state index is 0.175. The predicted molar refractivity (Wildman–Crippen MR) is 113 cm³/mol. The molecule has 0 spiro atoms. The van der Waals surface area contributed by atoms with Gasteiger partial charge >= 0.3 is 0 Å². The molecule has 3 aromatic heterocycles. The number of ether oxygens (including phenoxy) is 2. The molecular weight excluding hydrogens is 406 g/mol. The number of nitrogens with zero attached hydrogens (tertiary/aromatic N) is 5. The van der Waals surface area contributed by atoms with Crippen LogP contribution in [0.2, 0.25) is 0 Å². The van der Waals surface area contributed by atoms with Gasteiger partial charge in [-0.2, -0.15) is 0 Å². The van der Waals surface area contributed by atoms with Crippen LogP contribution < -0.4 is 4.74 Å². The lowest BCUT2D eigenvalue weighted by molar-refractivity contribution is 0.0953. The Morgan fingerprint density at radius 2 is 2.10 bits per heavy atom. The normalized spacial score (nSPS) is 16.5. The molecule has 29 heavy (non-hydrogen) atoms. The Labute approximate surface area is 176 Å². The average Bonchev–Trinajstić information content (AvgIpc) is 3.51. The molecule has 1 fully saturated rings. The van der Waals surface area contributed by atoms with E-state index >= 15 is 0 Å². The summed E-state index contributed by atoms with van der Waals surface area (Å²) < 4.78 is 14.4. The van der Waals surface area contributed by atoms with Crippen LogP contribution in [0, 0.1) is 0 Å². The SMILES string of the molecule is COc1ccc(-c2nnc(Sc3ncnc4ccsc34)n2CC2CCCO2)cc1. The minimum absolute atomic E-state index is 0.175. The van der Waals surface area contributed by atoms with E-state index in [4.69, 9.17) is 9.47 Å². The maximum atomic E-state index is 5.89. The zero-order chi connectivity index (χ0) is 19.6. The molecule has 1 aromatic carbocycles. The van der Waals surface area contributed by atoms with Crippen LogP contribution in [0.4, 0.5) is 0 Å². The lowest BCUT2D eigenvalue weighted by atomic mass is 10.2. The fraction of sp³-hybridized carbons (Fsp3) is 0.300. The zero-order valence-corrected chi connectivity index (χ0v) is 17.4. The lowest BCUT2D eigenvalue weighted by Crippen LogP contribution is -2.16. The third-order valence-corrected chi connectivity index (χ3v) is 6.90. The van der Waals surface area contributed by atoms with Crippen molar-refractivity contribution in [2.45, 2.75) is 35.7 Å². The first kappa shape index (κ1) is 18.5. The van der Waals surface area contributed by atoms with E-state index in [1.807, 2.05) is 35.7 Å². The van der Waals surface area contributed by atoms with Gasteiger partial charge in [-0.25, -0.2) is 9.97 Å². The van der Waals surface area contributed by atoms with Gasteiger partial charge in [0.05, 0.1) is 30.0 Å². The number of benzene rings is 1. The predicted octanol–water partition coefficient (Wildman–Crippen LogP) is 4.29. The largest absolute Gasteiger partial charge is 0.497 e. The third kappa shape index (κ3) is 3.73. The number of methoxy groups -OCH3 is 1. The van der Waals surface area contributed by atoms with Crippen molar-refractivity contribution in [1.82, 2.24) is 24.7 Å². The molecule has 1 saturated heterocycles. The van der Waals surface area contributed by atoms with Crippen LogP contribution in [0.25, 0.3) is 21.6 Å². The Bertz CT molecular complexity index is 1120. The molecule has 1 unspecified atom stereocenters. The fourth-order valence-corrected chi connectivity index (χ4v) is 5.22. The van der Waals surface area contributed by atoms with Crippen molar-refractivity contribution in [2.75, 3.05) is 13.7 Å². The zero-order valence-electron chi connectivity index (χ0n) is 15.8. The van der Waals surface area contributed by atoms with Gasteiger partial charge in [0.2, 0.25) is 0 Å². The topological polar surface area (TPSA) is 75.0 Å². The van der Waals surface area contributed by atoms with Crippen LogP contribution in [0.5, 0.6) is 5.75 Å². The summed E-state index contributed by atoms with van der Waals surface area (Å²) in [7, 11) is 1.66. The van der Waals surface area contributed by atoms with E-state index in [1.165, 1.54) is 11.8 Å². The average molecular weight is 426 g/mol. The minimum Gasteiger partial charge on any atom is -0.497 e. The molecule has 5 rings (SSSR count). The van der Waals surface area contributed by atoms with E-state index in [0.29, 0.717) is 0 Å². The molecule has 1 atom stereocenters. The van der Waals surface area contributed by atoms with Crippen molar-refractivity contribution in [3.8, 4) is 17.1 Å². The quantitative estimate of drug-likeness (QED) is 0.427. The second-order valence-corrected chi connectivity index (χ2v) is 8.57. The Balaban J connectivity index is 1.53. The first-order valence-corrected chi connectivity index (χ1v) is 11.1. The van der Waals surface area contributed by atoms with E-state index in [9.17, 15) is 0 Å². The molecule has 0 amide bonds. The lowest BCUT2D eigenvalue weighted by Gasteiger charge is -2.14. The number of aromatic nitrogens is 5. The summed E-state index contributed by atoms with van der Waals surface area (Å²) in [4.78, 5) is 8.81. The molecule has 1 aliphatic rings. The summed E-state index contributed by atoms with van der Waals surface area (Å²) in [6.45, 7) is 1.53. The number of hydrogen-bond donors (Lipinski definition) is 0. The standard InChI is InChI=1S/C20H19N5O2S2/c1-26-14-6-4-13(5-7-14)18-23-24-20(25(18)11-15-3-2-9-27-15)29-19-17-16(8-10-28-17)21-12-22-19/h4-8,10,12,15H,2-3,9,11H2,1H3. The highest BCUT2D eigenvalue weighted by Crippen LogP contribution is 2.35. The van der Waals surface area contributed by atoms with Gasteiger partial charge in [-0.1, -0.05) is 0 Å². The number of rotatable bonds is 6. The van der Waals surface area contributed by atoms with E-state index in [2.05, 4.69) is 24.7 Å². The molecule has 0 radical (unpaired) electrons. The molecule has 4 aromatic rings. The molecule has 0 N–H and O–H groups in total. The van der Waals surface area contributed by atoms with Gasteiger partial charge in [0.25, 0.3) is 0 Å². The molecule has 0 saturated carbocycles. The third-order valence-electron chi connectivity index (χ3n) is 4.87. The Hall–Kier alpha value is -2.49. The second kappa shape index (κ2) is 8.10. The Morgan fingerprint density at radius 3 is 2.90 bits per heavy atom. The molecule has 0 aliphatic carbocycles. The summed E-state index contributed by atoms with van der Waals surface area (Å²) in [6, 6.07) is 9.89. The highest BCUT2D eigenvalue weighted by Gasteiger charge is 2.23. The van der Waals surface area contributed by atoms with E-state index in [1.54, 1.807) is 24.8 Å². The van der Waals surface area contributed by atoms with Crippen LogP contribution in [0.1, 0.15) is 12.8 Å². The Morgan fingerprint density at radius 1 is 1.21 bits per heavy atom. The maximum absolute atomic E-state index is 5.89. The molecule has 148 valence electrons. The van der Waals surface area contributed by atoms with Crippen LogP contribution in [-0.2, 0) is 11.3 Å². The summed E-state index contributed by atoms with van der Waals surface area (Å²) in [6.07, 6.45) is 3.92. The van der Waals surface area contributed by atoms with Gasteiger partial charge < -0.3 is 9.47 Å². The molecule has 0 bridgehead atoms. The van der Waals surface area contributed by atoms with Crippen molar-refractivity contribution in [3.05, 3.63) is 42.0 Å². The van der Waals surface area contributed by atoms with Crippen LogP contribution >= 0.6 is 23.1 Å². The van der Waals surface area contributed by atoms with Crippen molar-refractivity contribution in [3.63, 3.8) is 0 Å². The van der Waals surface area contributed by atoms with E-state index < -0.39 is 0 Å². The van der Waals surface area contributed by atoms with E-state index in [-0.39, 0.29) is 6.10 Å². The van der Waals surface area contributed by atoms with Gasteiger partial charge in [0.15, 0.2) is 11.0 Å². The van der Waals surface area contributed by atoms with Crippen molar-refractivity contribution in [2.24, 2.45) is 0 Å². The molecular formula is C20H19N5O2S2. The second-order valence-electron chi connectivity index (χ2n) is 6.70. The van der Waals surface area contributed by atoms with Gasteiger partial charge in [-0.15, -0.1) is 21.5 Å². The van der Waals surface area contributed by atoms with Gasteiger partial charge in [0.1, 0.15) is 17.1 Å². The molecule has 4 heterocycles. The highest BCUT2D eigenvalue weighted by molar-refractivity contribution is 7.99. The summed E-state index contributed by atoms with van der Waals surface area (Å²) in [5.74, 6) is 1.64. The van der Waals surface area contributed by atoms with Crippen LogP contribution in [0.15, 0.2) is 52.2 Å². The summed E-state index contributed by atoms with van der Waals surface area (Å²) in [5.41, 5.74) is 1.94. The van der Waals surface area contributed by atoms with Crippen LogP contribution in [0.3, 0.4) is 0 Å². The van der Waals surface area contributed by atoms with E-state index in [0.717, 1.165) is 63.5 Å². The highest BCUT2D eigenvalue weighted by atomic mass is 32.2. The molecule has 1 aliphatic heterocycles. The van der Waals surface area contributed by atoms with Gasteiger partial charge in [-0.05, 0) is 60.3 Å². The molecule has 7 nitrogen and oxygen atoms in total. The van der Waals surface area contributed by atoms with Crippen LogP contribution in [-0.4, -0.2) is 44.6 Å². The van der Waals surface area contributed by atoms with Gasteiger partial charge in [0, 0.05) is 12.2 Å². The fourth-order valence-electron chi connectivity index (χ4n) is 3.40. The smallest absolute Gasteiger partial charge is 0.197 e. The van der Waals surface area contributed by atoms with Crippen molar-refractivity contribution < 1.29 is 9.47 Å². The molecule has 9 heteroatoms. The number of thiophene rings is 1. The summed E-state index contributed by atoms with van der Waals surface area (Å²) in [5, 5.41) is 12.7. The summed E-state index contributed by atoms with van der Waals surface area (Å²) >= 11 is 3.16. The van der Waals surface area contributed by atoms with Crippen molar-refractivity contribution >= 4 is 33.3 Å². The monoisotopic (exact) mass is 425 g/mol. The first-order valence-electron chi connectivity index (χ1n) is 9.37. The maximum Gasteiger partial charge on any atom is 0.197 e. The van der Waals surface area contributed by atoms with Gasteiger partial charge in [-0.3, -0.25) is 4.57 Å².